The number of esters is 1. The van der Waals surface area contributed by atoms with Gasteiger partial charge in [0.2, 0.25) is 0 Å². The van der Waals surface area contributed by atoms with Crippen LogP contribution in [0.25, 0.3) is 0 Å². The number of nitro benzene ring substituents is 1. The molecule has 14 heteroatoms. The fraction of sp³-hybridized carbons (Fsp3) is 0.0645. The van der Waals surface area contributed by atoms with Crippen LogP contribution in [0.5, 0.6) is 11.5 Å². The lowest BCUT2D eigenvalue weighted by molar-refractivity contribution is -0.385. The quantitative estimate of drug-likeness (QED) is 0.0558. The fourth-order valence-corrected chi connectivity index (χ4v) is 5.00. The highest BCUT2D eigenvalue weighted by atomic mass is 35.5. The molecule has 0 unspecified atom stereocenters. The predicted molar refractivity (Wildman–Crippen MR) is 160 cm³/mol. The highest BCUT2D eigenvalue weighted by Crippen LogP contribution is 2.33. The van der Waals surface area contributed by atoms with E-state index in [1.807, 2.05) is 0 Å². The molecule has 0 radical (unpaired) electrons. The molecule has 0 N–H and O–H groups in total. The van der Waals surface area contributed by atoms with Crippen molar-refractivity contribution in [2.45, 2.75) is 0 Å². The number of amides is 3. The van der Waals surface area contributed by atoms with Gasteiger partial charge in [0.15, 0.2) is 5.78 Å². The van der Waals surface area contributed by atoms with Gasteiger partial charge in [-0.25, -0.2) is 9.80 Å². The van der Waals surface area contributed by atoms with Gasteiger partial charge in [-0.3, -0.25) is 29.3 Å². The number of methoxy groups -OCH3 is 1. The maximum Gasteiger partial charge on any atom is 0.343 e. The molecule has 4 aromatic rings. The van der Waals surface area contributed by atoms with Gasteiger partial charge in [0.1, 0.15) is 23.6 Å². The molecule has 0 saturated carbocycles. The molecule has 1 aliphatic heterocycles. The number of rotatable bonds is 9. The number of nitro groups is 1. The summed E-state index contributed by atoms with van der Waals surface area (Å²) in [7, 11) is 1.46. The Kier molecular flexibility index (Phi) is 8.61. The lowest BCUT2D eigenvalue weighted by Crippen LogP contribution is -2.51. The largest absolute Gasteiger partial charge is 0.497 e. The van der Waals surface area contributed by atoms with E-state index in [1.54, 1.807) is 12.1 Å². The Morgan fingerprint density at radius 2 is 1.58 bits per heavy atom. The summed E-state index contributed by atoms with van der Waals surface area (Å²) >= 11 is 12.2. The van der Waals surface area contributed by atoms with Crippen LogP contribution >= 0.6 is 23.2 Å². The summed E-state index contributed by atoms with van der Waals surface area (Å²) in [5, 5.41) is 12.6. The van der Waals surface area contributed by atoms with Crippen molar-refractivity contribution in [1.29, 1.82) is 0 Å². The number of carbonyl (C=O) groups is 5. The Morgan fingerprint density at radius 1 is 0.867 bits per heavy atom. The summed E-state index contributed by atoms with van der Waals surface area (Å²) in [6.45, 7) is -0.847. The van der Waals surface area contributed by atoms with Gasteiger partial charge >= 0.3 is 5.97 Å². The van der Waals surface area contributed by atoms with Gasteiger partial charge in [-0.05, 0) is 66.7 Å². The van der Waals surface area contributed by atoms with Crippen LogP contribution in [-0.4, -0.2) is 58.1 Å². The number of halogens is 2. The van der Waals surface area contributed by atoms with Crippen molar-refractivity contribution in [3.05, 3.63) is 133 Å². The molecule has 3 amide bonds. The van der Waals surface area contributed by atoms with Crippen molar-refractivity contribution in [2.24, 2.45) is 0 Å². The lowest BCUT2D eigenvalue weighted by Gasteiger charge is -2.29. The Morgan fingerprint density at radius 3 is 2.24 bits per heavy atom. The van der Waals surface area contributed by atoms with Crippen molar-refractivity contribution < 1.29 is 38.4 Å². The molecule has 4 aromatic carbocycles. The topological polar surface area (TPSA) is 153 Å². The van der Waals surface area contributed by atoms with Crippen molar-refractivity contribution in [1.82, 2.24) is 10.0 Å². The number of nitrogens with zero attached hydrogens (tertiary/aromatic N) is 3. The molecule has 1 aliphatic rings. The summed E-state index contributed by atoms with van der Waals surface area (Å²) in [5.41, 5.74) is -1.43. The van der Waals surface area contributed by atoms with Gasteiger partial charge in [0.25, 0.3) is 23.4 Å². The van der Waals surface area contributed by atoms with E-state index in [1.165, 1.54) is 73.8 Å². The van der Waals surface area contributed by atoms with Crippen molar-refractivity contribution in [2.75, 3.05) is 13.7 Å². The van der Waals surface area contributed by atoms with Gasteiger partial charge in [0, 0.05) is 16.7 Å². The summed E-state index contributed by atoms with van der Waals surface area (Å²) in [5.74, 6) is -4.09. The van der Waals surface area contributed by atoms with E-state index >= 15 is 0 Å². The van der Waals surface area contributed by atoms with Crippen LogP contribution in [0, 0.1) is 10.1 Å². The molecule has 0 atom stereocenters. The van der Waals surface area contributed by atoms with E-state index in [2.05, 4.69) is 0 Å². The van der Waals surface area contributed by atoms with Gasteiger partial charge in [0.05, 0.1) is 33.7 Å². The van der Waals surface area contributed by atoms with Gasteiger partial charge in [-0.15, -0.1) is 0 Å². The highest BCUT2D eigenvalue weighted by molar-refractivity contribution is 6.37. The fourth-order valence-electron chi connectivity index (χ4n) is 4.51. The van der Waals surface area contributed by atoms with Gasteiger partial charge in [-0.1, -0.05) is 35.3 Å². The average Bonchev–Trinajstić information content (AvgIpc) is 3.28. The number of hydrogen-bond acceptors (Lipinski definition) is 9. The predicted octanol–water partition coefficient (Wildman–Crippen LogP) is 5.67. The molecule has 0 aliphatic carbocycles. The minimum atomic E-state index is -1.17. The second-order valence-electron chi connectivity index (χ2n) is 9.43. The van der Waals surface area contributed by atoms with Crippen LogP contribution in [0.3, 0.4) is 0 Å². The molecule has 0 saturated heterocycles. The number of imide groups is 1. The summed E-state index contributed by atoms with van der Waals surface area (Å²) in [6.07, 6.45) is 0. The van der Waals surface area contributed by atoms with E-state index in [0.717, 1.165) is 6.07 Å². The van der Waals surface area contributed by atoms with Crippen molar-refractivity contribution in [3.63, 3.8) is 0 Å². The number of hydrazine groups is 1. The normalized spacial score (nSPS) is 12.0. The molecule has 226 valence electrons. The van der Waals surface area contributed by atoms with Crippen LogP contribution in [0.15, 0.2) is 84.9 Å². The minimum absolute atomic E-state index is 0.0266. The van der Waals surface area contributed by atoms with E-state index in [4.69, 9.17) is 32.7 Å². The molecule has 0 aromatic heterocycles. The summed E-state index contributed by atoms with van der Waals surface area (Å²) < 4.78 is 10.5. The minimum Gasteiger partial charge on any atom is -0.497 e. The molecule has 45 heavy (non-hydrogen) atoms. The van der Waals surface area contributed by atoms with E-state index in [9.17, 15) is 34.1 Å². The van der Waals surface area contributed by atoms with E-state index in [0.29, 0.717) is 15.8 Å². The number of ketones is 1. The molecule has 0 bridgehead atoms. The first kappa shape index (κ1) is 30.9. The third-order valence-corrected chi connectivity index (χ3v) is 7.24. The van der Waals surface area contributed by atoms with Crippen molar-refractivity contribution >= 4 is 58.4 Å². The molecule has 1 heterocycles. The van der Waals surface area contributed by atoms with Crippen LogP contribution < -0.4 is 9.47 Å². The second-order valence-corrected chi connectivity index (χ2v) is 10.3. The van der Waals surface area contributed by atoms with Crippen molar-refractivity contribution in [3.8, 4) is 11.5 Å². The SMILES string of the molecule is COc1cccc(C(=O)Oc2ccc(C(=O)CN(C(=O)c3ccc(Cl)cc3Cl)N3C(=O)c4cccc([N+](=O)[O-])c4C3=O)cc2)c1. The van der Waals surface area contributed by atoms with E-state index in [-0.39, 0.29) is 38.0 Å². The Balaban J connectivity index is 1.44. The van der Waals surface area contributed by atoms with Crippen LogP contribution in [0.2, 0.25) is 10.0 Å². The molecule has 0 spiro atoms. The third-order valence-electron chi connectivity index (χ3n) is 6.69. The number of fused-ring (bicyclic) bond motifs is 1. The number of carbonyl (C=O) groups excluding carboxylic acids is 5. The number of ether oxygens (including phenoxy) is 2. The summed E-state index contributed by atoms with van der Waals surface area (Å²) in [6, 6.07) is 19.0. The lowest BCUT2D eigenvalue weighted by atomic mass is 10.1. The first-order valence-electron chi connectivity index (χ1n) is 12.9. The standard InChI is InChI=1S/C31H19Cl2N3O9/c1-44-21-5-2-4-18(14-21)31(41)45-20-11-8-17(9-12-20)26(37)16-34(28(38)22-13-10-19(32)15-24(22)33)35-29(39)23-6-3-7-25(36(42)43)27(23)30(35)40/h2-15H,16H2,1H3. The van der Waals surface area contributed by atoms with Crippen LogP contribution in [0.4, 0.5) is 5.69 Å². The third kappa shape index (κ3) is 6.09. The second kappa shape index (κ2) is 12.6. The zero-order chi connectivity index (χ0) is 32.4. The Hall–Kier alpha value is -5.59. The molecule has 5 rings (SSSR count). The molecule has 12 nitrogen and oxygen atoms in total. The highest BCUT2D eigenvalue weighted by Gasteiger charge is 2.46. The molecular weight excluding hydrogens is 629 g/mol. The number of Topliss-reactive ketones (excluding diaryl/α,β-unsaturated/α-hetero) is 1. The van der Waals surface area contributed by atoms with Crippen LogP contribution in [-0.2, 0) is 0 Å². The molecule has 0 fully saturated rings. The van der Waals surface area contributed by atoms with E-state index < -0.39 is 52.2 Å². The zero-order valence-electron chi connectivity index (χ0n) is 23.1. The smallest absolute Gasteiger partial charge is 0.343 e. The zero-order valence-corrected chi connectivity index (χ0v) is 24.6. The first-order valence-corrected chi connectivity index (χ1v) is 13.7. The Bertz CT molecular complexity index is 1910. The molecular formula is C31H19Cl2N3O9. The van der Waals surface area contributed by atoms with Crippen LogP contribution in [0.1, 0.15) is 51.8 Å². The van der Waals surface area contributed by atoms with Gasteiger partial charge in [-0.2, -0.15) is 5.01 Å². The number of hydrogen-bond donors (Lipinski definition) is 0. The maximum atomic E-state index is 13.7. The summed E-state index contributed by atoms with van der Waals surface area (Å²) in [4.78, 5) is 77.4. The number of benzene rings is 4. The average molecular weight is 648 g/mol. The maximum absolute atomic E-state index is 13.7. The monoisotopic (exact) mass is 647 g/mol. The Labute approximate surface area is 264 Å². The first-order chi connectivity index (χ1) is 21.5. The van der Waals surface area contributed by atoms with Gasteiger partial charge < -0.3 is 9.47 Å².